The van der Waals surface area contributed by atoms with Gasteiger partial charge in [0, 0.05) is 12.6 Å². The third kappa shape index (κ3) is 4.25. The van der Waals surface area contributed by atoms with E-state index >= 15 is 0 Å². The highest BCUT2D eigenvalue weighted by atomic mass is 32.2. The molecule has 0 saturated carbocycles. The second-order valence-corrected chi connectivity index (χ2v) is 6.37. The van der Waals surface area contributed by atoms with Crippen LogP contribution >= 0.6 is 11.8 Å². The van der Waals surface area contributed by atoms with Crippen molar-refractivity contribution >= 4 is 23.4 Å². The second kappa shape index (κ2) is 8.63. The molecule has 3 rings (SSSR count). The maximum absolute atomic E-state index is 12.4. The first-order valence-corrected chi connectivity index (χ1v) is 9.26. The Hall–Kier alpha value is -2.94. The van der Waals surface area contributed by atoms with E-state index in [-0.39, 0.29) is 11.7 Å². The van der Waals surface area contributed by atoms with Crippen LogP contribution in [0.3, 0.4) is 0 Å². The molecule has 3 aromatic rings. The summed E-state index contributed by atoms with van der Waals surface area (Å²) in [6, 6.07) is 8.84. The summed E-state index contributed by atoms with van der Waals surface area (Å²) in [5.41, 5.74) is 0.552. The van der Waals surface area contributed by atoms with Gasteiger partial charge in [-0.25, -0.2) is 0 Å². The molecule has 142 valence electrons. The van der Waals surface area contributed by atoms with Gasteiger partial charge in [-0.1, -0.05) is 11.8 Å². The summed E-state index contributed by atoms with van der Waals surface area (Å²) in [7, 11) is 3.11. The van der Waals surface area contributed by atoms with Crippen LogP contribution in [0.25, 0.3) is 11.6 Å². The first kappa shape index (κ1) is 18.8. The zero-order valence-electron chi connectivity index (χ0n) is 15.3. The minimum atomic E-state index is -0.184. The van der Waals surface area contributed by atoms with Gasteiger partial charge < -0.3 is 19.2 Å². The van der Waals surface area contributed by atoms with Crippen LogP contribution in [0.15, 0.2) is 46.2 Å². The molecule has 0 fully saturated rings. The lowest BCUT2D eigenvalue weighted by molar-refractivity contribution is -0.113. The summed E-state index contributed by atoms with van der Waals surface area (Å²) in [6.07, 6.45) is 1.59. The third-order valence-corrected chi connectivity index (χ3v) is 4.75. The summed E-state index contributed by atoms with van der Waals surface area (Å²) in [5, 5.41) is 11.8. The lowest BCUT2D eigenvalue weighted by Crippen LogP contribution is -2.15. The SMILES string of the molecule is CCn1c(SCC(=O)Nc2cc(OC)ccc2OC)nnc1-c1ccco1. The number of aromatic nitrogens is 3. The molecule has 8 nitrogen and oxygen atoms in total. The fourth-order valence-electron chi connectivity index (χ4n) is 2.50. The average Bonchev–Trinajstić information content (AvgIpc) is 3.35. The van der Waals surface area contributed by atoms with Crippen LogP contribution in [-0.4, -0.2) is 40.6 Å². The largest absolute Gasteiger partial charge is 0.497 e. The van der Waals surface area contributed by atoms with Gasteiger partial charge >= 0.3 is 0 Å². The summed E-state index contributed by atoms with van der Waals surface area (Å²) in [4.78, 5) is 12.4. The smallest absolute Gasteiger partial charge is 0.234 e. The fraction of sp³-hybridized carbons (Fsp3) is 0.278. The van der Waals surface area contributed by atoms with E-state index < -0.39 is 0 Å². The highest BCUT2D eigenvalue weighted by Crippen LogP contribution is 2.29. The van der Waals surface area contributed by atoms with Crippen molar-refractivity contribution in [3.63, 3.8) is 0 Å². The van der Waals surface area contributed by atoms with Crippen LogP contribution in [0.1, 0.15) is 6.92 Å². The van der Waals surface area contributed by atoms with E-state index in [4.69, 9.17) is 13.9 Å². The molecule has 0 radical (unpaired) electrons. The van der Waals surface area contributed by atoms with Crippen LogP contribution in [0.2, 0.25) is 0 Å². The number of hydrogen-bond donors (Lipinski definition) is 1. The molecule has 2 heterocycles. The van der Waals surface area contributed by atoms with Crippen LogP contribution in [0.4, 0.5) is 5.69 Å². The number of benzene rings is 1. The van der Waals surface area contributed by atoms with Crippen molar-refractivity contribution in [1.82, 2.24) is 14.8 Å². The van der Waals surface area contributed by atoms with Gasteiger partial charge in [0.25, 0.3) is 0 Å². The molecule has 1 amide bonds. The topological polar surface area (TPSA) is 91.4 Å². The number of anilines is 1. The Morgan fingerprint density at radius 1 is 1.26 bits per heavy atom. The number of hydrogen-bond acceptors (Lipinski definition) is 7. The predicted octanol–water partition coefficient (Wildman–Crippen LogP) is 3.31. The van der Waals surface area contributed by atoms with Crippen molar-refractivity contribution in [3.05, 3.63) is 36.6 Å². The Bertz CT molecular complexity index is 908. The summed E-state index contributed by atoms with van der Waals surface area (Å²) < 4.78 is 17.8. The molecule has 0 aliphatic heterocycles. The van der Waals surface area contributed by atoms with Gasteiger partial charge in [0.2, 0.25) is 5.91 Å². The standard InChI is InChI=1S/C18H20N4O4S/c1-4-22-17(15-6-5-9-26-15)20-21-18(22)27-11-16(23)19-13-10-12(24-2)7-8-14(13)25-3/h5-10H,4,11H2,1-3H3,(H,19,23). The zero-order valence-corrected chi connectivity index (χ0v) is 16.1. The van der Waals surface area contributed by atoms with Gasteiger partial charge in [0.05, 0.1) is 31.9 Å². The molecule has 0 spiro atoms. The molecular formula is C18H20N4O4S. The van der Waals surface area contributed by atoms with Crippen LogP contribution in [-0.2, 0) is 11.3 Å². The third-order valence-electron chi connectivity index (χ3n) is 3.79. The number of rotatable bonds is 8. The van der Waals surface area contributed by atoms with E-state index in [1.54, 1.807) is 44.7 Å². The molecule has 0 saturated heterocycles. The van der Waals surface area contributed by atoms with Gasteiger partial charge in [-0.3, -0.25) is 9.36 Å². The highest BCUT2D eigenvalue weighted by molar-refractivity contribution is 7.99. The number of ether oxygens (including phenoxy) is 2. The van der Waals surface area contributed by atoms with Crippen molar-refractivity contribution in [3.8, 4) is 23.1 Å². The van der Waals surface area contributed by atoms with E-state index in [0.29, 0.717) is 40.5 Å². The normalized spacial score (nSPS) is 10.6. The molecule has 9 heteroatoms. The number of carbonyl (C=O) groups excluding carboxylic acids is 1. The fourth-order valence-corrected chi connectivity index (χ4v) is 3.30. The average molecular weight is 388 g/mol. The summed E-state index contributed by atoms with van der Waals surface area (Å²) in [6.45, 7) is 2.65. The summed E-state index contributed by atoms with van der Waals surface area (Å²) in [5.74, 6) is 2.47. The van der Waals surface area contributed by atoms with Gasteiger partial charge in [0.15, 0.2) is 16.7 Å². The van der Waals surface area contributed by atoms with E-state index in [1.807, 2.05) is 17.6 Å². The van der Waals surface area contributed by atoms with Crippen molar-refractivity contribution in [1.29, 1.82) is 0 Å². The number of methoxy groups -OCH3 is 2. The number of thioether (sulfide) groups is 1. The van der Waals surface area contributed by atoms with Crippen molar-refractivity contribution in [2.75, 3.05) is 25.3 Å². The molecule has 2 aromatic heterocycles. The number of nitrogens with zero attached hydrogens (tertiary/aromatic N) is 3. The number of carbonyl (C=O) groups is 1. The molecular weight excluding hydrogens is 368 g/mol. The molecule has 27 heavy (non-hydrogen) atoms. The predicted molar refractivity (Wildman–Crippen MR) is 102 cm³/mol. The Balaban J connectivity index is 1.68. The Morgan fingerprint density at radius 2 is 2.11 bits per heavy atom. The first-order chi connectivity index (χ1) is 13.2. The van der Waals surface area contributed by atoms with Crippen LogP contribution in [0, 0.1) is 0 Å². The van der Waals surface area contributed by atoms with E-state index in [1.165, 1.54) is 11.8 Å². The quantitative estimate of drug-likeness (QED) is 0.592. The van der Waals surface area contributed by atoms with E-state index in [2.05, 4.69) is 15.5 Å². The summed E-state index contributed by atoms with van der Waals surface area (Å²) >= 11 is 1.30. The second-order valence-electron chi connectivity index (χ2n) is 5.43. The van der Waals surface area contributed by atoms with Crippen molar-refractivity contribution in [2.24, 2.45) is 0 Å². The van der Waals surface area contributed by atoms with Crippen LogP contribution in [0.5, 0.6) is 11.5 Å². The molecule has 0 atom stereocenters. The van der Waals surface area contributed by atoms with Crippen molar-refractivity contribution < 1.29 is 18.7 Å². The highest BCUT2D eigenvalue weighted by Gasteiger charge is 2.17. The molecule has 0 bridgehead atoms. The minimum Gasteiger partial charge on any atom is -0.497 e. The Morgan fingerprint density at radius 3 is 2.78 bits per heavy atom. The molecule has 0 aliphatic rings. The number of nitrogens with one attached hydrogen (secondary N) is 1. The molecule has 1 aromatic carbocycles. The molecule has 0 unspecified atom stereocenters. The van der Waals surface area contributed by atoms with Crippen LogP contribution < -0.4 is 14.8 Å². The Kier molecular flexibility index (Phi) is 6.02. The first-order valence-electron chi connectivity index (χ1n) is 8.28. The van der Waals surface area contributed by atoms with Crippen molar-refractivity contribution in [2.45, 2.75) is 18.6 Å². The zero-order chi connectivity index (χ0) is 19.2. The van der Waals surface area contributed by atoms with E-state index in [9.17, 15) is 4.79 Å². The lowest BCUT2D eigenvalue weighted by atomic mass is 10.2. The minimum absolute atomic E-state index is 0.177. The van der Waals surface area contributed by atoms with Gasteiger partial charge in [0.1, 0.15) is 11.5 Å². The Labute approximate surface area is 160 Å². The maximum atomic E-state index is 12.4. The van der Waals surface area contributed by atoms with E-state index in [0.717, 1.165) is 0 Å². The monoisotopic (exact) mass is 388 g/mol. The maximum Gasteiger partial charge on any atom is 0.234 e. The lowest BCUT2D eigenvalue weighted by Gasteiger charge is -2.11. The van der Waals surface area contributed by atoms with Gasteiger partial charge in [-0.05, 0) is 31.2 Å². The van der Waals surface area contributed by atoms with Gasteiger partial charge in [-0.15, -0.1) is 10.2 Å². The number of furan rings is 1. The molecule has 1 N–H and O–H groups in total. The van der Waals surface area contributed by atoms with Gasteiger partial charge in [-0.2, -0.15) is 0 Å². The molecule has 0 aliphatic carbocycles. The number of amides is 1.